The van der Waals surface area contributed by atoms with Crippen molar-refractivity contribution in [1.29, 1.82) is 0 Å². The van der Waals surface area contributed by atoms with Gasteiger partial charge in [-0.3, -0.25) is 4.98 Å². The summed E-state index contributed by atoms with van der Waals surface area (Å²) in [6.45, 7) is 7.44. The standard InChI is InChI=1S/C20H28N4O/c1-4-16(3)25-19-13-15(2)8-9-17(19)14-24-20(21)23-12-10-18-7-5-6-11-22-18/h5-9,11,13,16H,4,10,12,14H2,1-3H3,(H3,21,23,24). The zero-order chi connectivity index (χ0) is 18.1. The fourth-order valence-corrected chi connectivity index (χ4v) is 2.29. The number of aryl methyl sites for hydroxylation is 1. The maximum atomic E-state index is 6.01. The number of nitrogens with zero attached hydrogens (tertiary/aromatic N) is 2. The van der Waals surface area contributed by atoms with Gasteiger partial charge in [-0.25, -0.2) is 4.99 Å². The van der Waals surface area contributed by atoms with Crippen molar-refractivity contribution in [3.05, 3.63) is 59.4 Å². The molecule has 0 fully saturated rings. The highest BCUT2D eigenvalue weighted by Crippen LogP contribution is 2.23. The van der Waals surface area contributed by atoms with E-state index in [-0.39, 0.29) is 6.10 Å². The Morgan fingerprint density at radius 3 is 2.88 bits per heavy atom. The molecule has 0 radical (unpaired) electrons. The fraction of sp³-hybridized carbons (Fsp3) is 0.400. The monoisotopic (exact) mass is 340 g/mol. The summed E-state index contributed by atoms with van der Waals surface area (Å²) in [5.74, 6) is 1.32. The van der Waals surface area contributed by atoms with E-state index in [1.807, 2.05) is 18.2 Å². The van der Waals surface area contributed by atoms with Crippen LogP contribution in [0.5, 0.6) is 5.75 Å². The largest absolute Gasteiger partial charge is 0.490 e. The van der Waals surface area contributed by atoms with Crippen LogP contribution in [0.1, 0.15) is 37.1 Å². The second-order valence-electron chi connectivity index (χ2n) is 6.15. The van der Waals surface area contributed by atoms with Gasteiger partial charge in [0.25, 0.3) is 0 Å². The molecule has 2 aromatic rings. The number of hydrogen-bond acceptors (Lipinski definition) is 3. The molecule has 1 heterocycles. The number of rotatable bonds is 8. The Labute approximate surface area is 150 Å². The first-order chi connectivity index (χ1) is 12.1. The molecule has 0 bridgehead atoms. The number of aromatic nitrogens is 1. The van der Waals surface area contributed by atoms with Crippen LogP contribution in [0, 0.1) is 6.92 Å². The normalized spacial score (nSPS) is 12.7. The second kappa shape index (κ2) is 9.67. The predicted molar refractivity (Wildman–Crippen MR) is 103 cm³/mol. The lowest BCUT2D eigenvalue weighted by atomic mass is 10.1. The lowest BCUT2D eigenvalue weighted by Gasteiger charge is -2.16. The molecule has 0 saturated heterocycles. The molecule has 1 unspecified atom stereocenters. The smallest absolute Gasteiger partial charge is 0.188 e. The van der Waals surface area contributed by atoms with Crippen LogP contribution < -0.4 is 15.8 Å². The first kappa shape index (κ1) is 18.8. The molecule has 0 spiro atoms. The zero-order valence-corrected chi connectivity index (χ0v) is 15.3. The number of aliphatic imine (C=N–C) groups is 1. The summed E-state index contributed by atoms with van der Waals surface area (Å²) in [5.41, 5.74) is 9.22. The van der Waals surface area contributed by atoms with Crippen molar-refractivity contribution < 1.29 is 4.74 Å². The Balaban J connectivity index is 1.91. The minimum absolute atomic E-state index is 0.179. The minimum Gasteiger partial charge on any atom is -0.490 e. The highest BCUT2D eigenvalue weighted by molar-refractivity contribution is 5.77. The molecular weight excluding hydrogens is 312 g/mol. The molecule has 1 aromatic heterocycles. The Morgan fingerprint density at radius 2 is 2.16 bits per heavy atom. The Hall–Kier alpha value is -2.56. The van der Waals surface area contributed by atoms with Gasteiger partial charge in [0.1, 0.15) is 5.75 Å². The average molecular weight is 340 g/mol. The van der Waals surface area contributed by atoms with Crippen LogP contribution in [-0.2, 0) is 13.0 Å². The van der Waals surface area contributed by atoms with Crippen molar-refractivity contribution in [3.63, 3.8) is 0 Å². The number of ether oxygens (including phenoxy) is 1. The number of hydrogen-bond donors (Lipinski definition) is 2. The minimum atomic E-state index is 0.179. The molecule has 0 aliphatic heterocycles. The fourth-order valence-electron chi connectivity index (χ4n) is 2.29. The lowest BCUT2D eigenvalue weighted by molar-refractivity contribution is 0.215. The Bertz CT molecular complexity index is 685. The van der Waals surface area contributed by atoms with E-state index >= 15 is 0 Å². The maximum Gasteiger partial charge on any atom is 0.188 e. The van der Waals surface area contributed by atoms with Crippen LogP contribution in [-0.4, -0.2) is 23.6 Å². The van der Waals surface area contributed by atoms with Crippen LogP contribution in [0.2, 0.25) is 0 Å². The van der Waals surface area contributed by atoms with E-state index in [0.29, 0.717) is 19.0 Å². The summed E-state index contributed by atoms with van der Waals surface area (Å²) in [7, 11) is 0. The average Bonchev–Trinajstić information content (AvgIpc) is 2.62. The topological polar surface area (TPSA) is 72.5 Å². The van der Waals surface area contributed by atoms with Crippen LogP contribution >= 0.6 is 0 Å². The van der Waals surface area contributed by atoms with Crippen molar-refractivity contribution in [2.24, 2.45) is 10.7 Å². The van der Waals surface area contributed by atoms with Crippen LogP contribution in [0.4, 0.5) is 0 Å². The van der Waals surface area contributed by atoms with E-state index in [2.05, 4.69) is 54.3 Å². The van der Waals surface area contributed by atoms with E-state index in [0.717, 1.165) is 29.8 Å². The van der Waals surface area contributed by atoms with Gasteiger partial charge in [-0.05, 0) is 44.0 Å². The molecule has 3 N–H and O–H groups in total. The van der Waals surface area contributed by atoms with Gasteiger partial charge in [0.05, 0.1) is 12.6 Å². The molecular formula is C20H28N4O. The van der Waals surface area contributed by atoms with Crippen molar-refractivity contribution in [3.8, 4) is 5.75 Å². The van der Waals surface area contributed by atoms with Crippen molar-refractivity contribution in [2.75, 3.05) is 6.54 Å². The van der Waals surface area contributed by atoms with Gasteiger partial charge >= 0.3 is 0 Å². The van der Waals surface area contributed by atoms with E-state index in [1.165, 1.54) is 5.56 Å². The van der Waals surface area contributed by atoms with E-state index in [4.69, 9.17) is 10.5 Å². The van der Waals surface area contributed by atoms with E-state index < -0.39 is 0 Å². The third-order valence-corrected chi connectivity index (χ3v) is 3.96. The molecule has 0 aliphatic rings. The quantitative estimate of drug-likeness (QED) is 0.572. The van der Waals surface area contributed by atoms with Gasteiger partial charge in [-0.15, -0.1) is 0 Å². The zero-order valence-electron chi connectivity index (χ0n) is 15.3. The summed E-state index contributed by atoms with van der Waals surface area (Å²) in [6, 6.07) is 12.1. The van der Waals surface area contributed by atoms with E-state index in [9.17, 15) is 0 Å². The molecule has 1 atom stereocenters. The number of guanidine groups is 1. The van der Waals surface area contributed by atoms with Crippen LogP contribution in [0.3, 0.4) is 0 Å². The summed E-state index contributed by atoms with van der Waals surface area (Å²) in [6.07, 6.45) is 3.75. The third-order valence-electron chi connectivity index (χ3n) is 3.96. The summed E-state index contributed by atoms with van der Waals surface area (Å²) >= 11 is 0. The number of nitrogens with one attached hydrogen (secondary N) is 1. The molecule has 134 valence electrons. The molecule has 25 heavy (non-hydrogen) atoms. The van der Waals surface area contributed by atoms with E-state index in [1.54, 1.807) is 6.20 Å². The lowest BCUT2D eigenvalue weighted by Crippen LogP contribution is -2.33. The van der Waals surface area contributed by atoms with Gasteiger partial charge in [0.15, 0.2) is 5.96 Å². The molecule has 0 saturated carbocycles. The molecule has 5 nitrogen and oxygen atoms in total. The first-order valence-corrected chi connectivity index (χ1v) is 8.78. The van der Waals surface area contributed by atoms with Gasteiger partial charge in [0, 0.05) is 30.4 Å². The molecule has 1 aromatic carbocycles. The Morgan fingerprint density at radius 1 is 1.32 bits per heavy atom. The molecule has 2 rings (SSSR count). The number of nitrogens with two attached hydrogens (primary N) is 1. The third kappa shape index (κ3) is 6.45. The first-order valence-electron chi connectivity index (χ1n) is 8.78. The van der Waals surface area contributed by atoms with Crippen molar-refractivity contribution in [1.82, 2.24) is 10.3 Å². The predicted octanol–water partition coefficient (Wildman–Crippen LogP) is 3.21. The van der Waals surface area contributed by atoms with Gasteiger partial charge < -0.3 is 15.8 Å². The highest BCUT2D eigenvalue weighted by atomic mass is 16.5. The van der Waals surface area contributed by atoms with Crippen LogP contribution in [0.25, 0.3) is 0 Å². The summed E-state index contributed by atoms with van der Waals surface area (Å²) in [5, 5.41) is 3.13. The van der Waals surface area contributed by atoms with Crippen molar-refractivity contribution in [2.45, 2.75) is 46.3 Å². The van der Waals surface area contributed by atoms with Crippen LogP contribution in [0.15, 0.2) is 47.6 Å². The Kier molecular flexibility index (Phi) is 7.26. The second-order valence-corrected chi connectivity index (χ2v) is 6.15. The SMILES string of the molecule is CCC(C)Oc1cc(C)ccc1CN=C(N)NCCc1ccccn1. The maximum absolute atomic E-state index is 6.01. The summed E-state index contributed by atoms with van der Waals surface area (Å²) in [4.78, 5) is 8.72. The van der Waals surface area contributed by atoms with Gasteiger partial charge in [0.2, 0.25) is 0 Å². The highest BCUT2D eigenvalue weighted by Gasteiger charge is 2.07. The summed E-state index contributed by atoms with van der Waals surface area (Å²) < 4.78 is 6.01. The number of benzene rings is 1. The number of pyridine rings is 1. The van der Waals surface area contributed by atoms with Crippen molar-refractivity contribution >= 4 is 5.96 Å². The molecule has 0 aliphatic carbocycles. The van der Waals surface area contributed by atoms with Gasteiger partial charge in [-0.2, -0.15) is 0 Å². The molecule has 0 amide bonds. The molecule has 5 heteroatoms. The van der Waals surface area contributed by atoms with Gasteiger partial charge in [-0.1, -0.05) is 25.1 Å².